The molecule has 2 aliphatic heterocycles. The second kappa shape index (κ2) is 8.51. The molecule has 3 nitrogen and oxygen atoms in total. The van der Waals surface area contributed by atoms with Gasteiger partial charge in [-0.1, -0.05) is 26.0 Å². The Morgan fingerprint density at radius 3 is 2.47 bits per heavy atom. The van der Waals surface area contributed by atoms with Crippen LogP contribution in [0.25, 0.3) is 0 Å². The molecule has 2 fully saturated rings. The van der Waals surface area contributed by atoms with Gasteiger partial charge in [-0.15, -0.1) is 13.2 Å². The average Bonchev–Trinajstić information content (AvgIpc) is 3.00. The molecule has 3 heteroatoms. The molecule has 5 atom stereocenters. The summed E-state index contributed by atoms with van der Waals surface area (Å²) in [4.78, 5) is 0. The van der Waals surface area contributed by atoms with Crippen molar-refractivity contribution in [3.8, 4) is 0 Å². The lowest BCUT2D eigenvalue weighted by atomic mass is 9.89. The van der Waals surface area contributed by atoms with Gasteiger partial charge in [0.25, 0.3) is 0 Å². The molecule has 0 spiro atoms. The zero-order chi connectivity index (χ0) is 14.3. The molecule has 0 amide bonds. The number of hydrogen-bond donors (Lipinski definition) is 1. The van der Waals surface area contributed by atoms with Crippen LogP contribution in [-0.2, 0) is 9.47 Å². The summed E-state index contributed by atoms with van der Waals surface area (Å²) in [6.07, 6.45) is 6.21. The molecule has 1 N–H and O–H groups in total. The van der Waals surface area contributed by atoms with Gasteiger partial charge in [-0.05, 0) is 19.3 Å². The average molecular weight is 268 g/mol. The van der Waals surface area contributed by atoms with Crippen LogP contribution in [0.4, 0.5) is 0 Å². The van der Waals surface area contributed by atoms with Crippen molar-refractivity contribution in [1.29, 1.82) is 0 Å². The molecule has 0 aromatic heterocycles. The van der Waals surface area contributed by atoms with Crippen molar-refractivity contribution in [2.24, 2.45) is 11.8 Å². The van der Waals surface area contributed by atoms with Crippen molar-refractivity contribution >= 4 is 0 Å². The number of ether oxygens (including phenoxy) is 2. The molecule has 0 radical (unpaired) electrons. The largest absolute Gasteiger partial charge is 0.392 e. The Balaban J connectivity index is 0.000000861. The van der Waals surface area contributed by atoms with E-state index >= 15 is 0 Å². The van der Waals surface area contributed by atoms with E-state index in [-0.39, 0.29) is 24.2 Å². The van der Waals surface area contributed by atoms with Crippen molar-refractivity contribution in [3.05, 3.63) is 25.3 Å². The minimum Gasteiger partial charge on any atom is -0.392 e. The predicted octanol–water partition coefficient (Wildman–Crippen LogP) is 2.95. The first kappa shape index (κ1) is 16.4. The van der Waals surface area contributed by atoms with Crippen LogP contribution in [0, 0.1) is 11.8 Å². The maximum absolute atomic E-state index is 10.0. The van der Waals surface area contributed by atoms with Gasteiger partial charge in [0.2, 0.25) is 0 Å². The number of hydrogen-bond acceptors (Lipinski definition) is 3. The lowest BCUT2D eigenvalue weighted by Gasteiger charge is -2.20. The molecule has 2 heterocycles. The van der Waals surface area contributed by atoms with Crippen LogP contribution in [0.1, 0.15) is 33.1 Å². The topological polar surface area (TPSA) is 38.7 Å². The van der Waals surface area contributed by atoms with Gasteiger partial charge in [0.15, 0.2) is 0 Å². The molecule has 0 bridgehead atoms. The van der Waals surface area contributed by atoms with Crippen LogP contribution in [0.5, 0.6) is 0 Å². The highest BCUT2D eigenvalue weighted by Gasteiger charge is 2.48. The summed E-state index contributed by atoms with van der Waals surface area (Å²) < 4.78 is 11.6. The fourth-order valence-corrected chi connectivity index (χ4v) is 2.86. The van der Waals surface area contributed by atoms with Crippen LogP contribution < -0.4 is 0 Å². The molecule has 0 aromatic carbocycles. The first-order valence-electron chi connectivity index (χ1n) is 7.41. The highest BCUT2D eigenvalue weighted by atomic mass is 16.6. The van der Waals surface area contributed by atoms with Gasteiger partial charge in [0.1, 0.15) is 0 Å². The summed E-state index contributed by atoms with van der Waals surface area (Å²) in [5, 5.41) is 10.0. The summed E-state index contributed by atoms with van der Waals surface area (Å²) in [5.74, 6) is 0.561. The SMILES string of the molecule is C=CCCC1CO[C@@H]2C(C(O)CC=C)CO[C@H]12.CC. The number of allylic oxidation sites excluding steroid dienone is 1. The number of aliphatic hydroxyl groups excluding tert-OH is 1. The molecule has 19 heavy (non-hydrogen) atoms. The van der Waals surface area contributed by atoms with Crippen molar-refractivity contribution in [3.63, 3.8) is 0 Å². The zero-order valence-electron chi connectivity index (χ0n) is 12.3. The minimum absolute atomic E-state index is 0.0692. The van der Waals surface area contributed by atoms with Crippen molar-refractivity contribution < 1.29 is 14.6 Å². The standard InChI is InChI=1S/C14H22O3.C2H6/c1-3-5-7-10-8-16-14-11(9-17-13(10)14)12(15)6-4-2;1-2/h3-4,10-15H,1-2,5-9H2;1-2H3/t10?,11?,12?,13-,14-;/m1./s1. The number of rotatable bonds is 6. The molecule has 2 saturated heterocycles. The van der Waals surface area contributed by atoms with E-state index in [0.29, 0.717) is 18.9 Å². The lowest BCUT2D eigenvalue weighted by Crippen LogP contribution is -2.33. The molecule has 110 valence electrons. The van der Waals surface area contributed by atoms with Crippen LogP contribution in [0.3, 0.4) is 0 Å². The van der Waals surface area contributed by atoms with Crippen molar-refractivity contribution in [1.82, 2.24) is 0 Å². The van der Waals surface area contributed by atoms with Gasteiger partial charge in [0.05, 0.1) is 31.5 Å². The summed E-state index contributed by atoms with van der Waals surface area (Å²) in [5.41, 5.74) is 0. The fourth-order valence-electron chi connectivity index (χ4n) is 2.86. The van der Waals surface area contributed by atoms with Gasteiger partial charge in [-0.3, -0.25) is 0 Å². The monoisotopic (exact) mass is 268 g/mol. The Labute approximate surface area is 117 Å². The smallest absolute Gasteiger partial charge is 0.0915 e. The molecule has 2 rings (SSSR count). The predicted molar refractivity (Wildman–Crippen MR) is 78.1 cm³/mol. The first-order valence-corrected chi connectivity index (χ1v) is 7.41. The Hall–Kier alpha value is -0.640. The number of aliphatic hydroxyl groups is 1. The van der Waals surface area contributed by atoms with Gasteiger partial charge in [-0.2, -0.15) is 0 Å². The number of fused-ring (bicyclic) bond motifs is 1. The Morgan fingerprint density at radius 2 is 1.84 bits per heavy atom. The molecule has 0 aliphatic carbocycles. The Kier molecular flexibility index (Phi) is 7.36. The minimum atomic E-state index is -0.388. The summed E-state index contributed by atoms with van der Waals surface area (Å²) in [6.45, 7) is 12.8. The molecular weight excluding hydrogens is 240 g/mol. The summed E-state index contributed by atoms with van der Waals surface area (Å²) in [6, 6.07) is 0. The van der Waals surface area contributed by atoms with E-state index in [1.165, 1.54) is 0 Å². The van der Waals surface area contributed by atoms with Gasteiger partial charge in [0, 0.05) is 11.8 Å². The highest BCUT2D eigenvalue weighted by Crippen LogP contribution is 2.38. The molecule has 0 aromatic rings. The Morgan fingerprint density at radius 1 is 1.16 bits per heavy atom. The molecular formula is C16H28O3. The van der Waals surface area contributed by atoms with Crippen LogP contribution in [-0.4, -0.2) is 36.6 Å². The Bertz CT molecular complexity index is 277. The van der Waals surface area contributed by atoms with E-state index in [0.717, 1.165) is 19.4 Å². The van der Waals surface area contributed by atoms with Crippen LogP contribution in [0.2, 0.25) is 0 Å². The third-order valence-electron chi connectivity index (χ3n) is 3.84. The molecule has 2 aliphatic rings. The maximum Gasteiger partial charge on any atom is 0.0915 e. The second-order valence-corrected chi connectivity index (χ2v) is 4.98. The molecule has 3 unspecified atom stereocenters. The van der Waals surface area contributed by atoms with Crippen LogP contribution in [0.15, 0.2) is 25.3 Å². The van der Waals surface area contributed by atoms with E-state index in [1.807, 2.05) is 19.9 Å². The van der Waals surface area contributed by atoms with E-state index in [2.05, 4.69) is 13.2 Å². The van der Waals surface area contributed by atoms with E-state index in [1.54, 1.807) is 6.08 Å². The van der Waals surface area contributed by atoms with Crippen LogP contribution >= 0.6 is 0 Å². The van der Waals surface area contributed by atoms with Crippen molar-refractivity contribution in [2.45, 2.75) is 51.4 Å². The third-order valence-corrected chi connectivity index (χ3v) is 3.84. The summed E-state index contributed by atoms with van der Waals surface area (Å²) in [7, 11) is 0. The lowest BCUT2D eigenvalue weighted by molar-refractivity contribution is 0.0120. The van der Waals surface area contributed by atoms with Gasteiger partial charge in [-0.25, -0.2) is 0 Å². The van der Waals surface area contributed by atoms with E-state index in [9.17, 15) is 5.11 Å². The normalized spacial score (nSPS) is 34.1. The van der Waals surface area contributed by atoms with E-state index < -0.39 is 0 Å². The highest BCUT2D eigenvalue weighted by molar-refractivity contribution is 4.97. The third kappa shape index (κ3) is 3.91. The van der Waals surface area contributed by atoms with Gasteiger partial charge >= 0.3 is 0 Å². The van der Waals surface area contributed by atoms with E-state index in [4.69, 9.17) is 9.47 Å². The fraction of sp³-hybridized carbons (Fsp3) is 0.750. The van der Waals surface area contributed by atoms with Crippen molar-refractivity contribution in [2.75, 3.05) is 13.2 Å². The molecule has 0 saturated carbocycles. The first-order chi connectivity index (χ1) is 9.27. The summed E-state index contributed by atoms with van der Waals surface area (Å²) >= 11 is 0. The second-order valence-electron chi connectivity index (χ2n) is 4.98. The zero-order valence-corrected chi connectivity index (χ0v) is 12.3. The quantitative estimate of drug-likeness (QED) is 0.753. The van der Waals surface area contributed by atoms with Gasteiger partial charge < -0.3 is 14.6 Å². The maximum atomic E-state index is 10.0.